The lowest BCUT2D eigenvalue weighted by Gasteiger charge is -2.38. The molecule has 1 amide bonds. The molecule has 1 saturated heterocycles. The molecule has 1 heterocycles. The van der Waals surface area contributed by atoms with E-state index in [2.05, 4.69) is 12.2 Å². The predicted octanol–water partition coefficient (Wildman–Crippen LogP) is 1.75. The van der Waals surface area contributed by atoms with Crippen LogP contribution in [0.1, 0.15) is 13.8 Å². The number of rotatable bonds is 5. The van der Waals surface area contributed by atoms with Gasteiger partial charge in [-0.3, -0.25) is 4.79 Å². The molecule has 1 fully saturated rings. The van der Waals surface area contributed by atoms with Crippen molar-refractivity contribution in [2.75, 3.05) is 19.8 Å². The van der Waals surface area contributed by atoms with Crippen molar-refractivity contribution >= 4 is 5.91 Å². The SMILES string of the molecule is CC(Oc1cccc(F)c1)C(=O)NCC1(C)COC1. The number of benzene rings is 1. The zero-order valence-corrected chi connectivity index (χ0v) is 11.1. The first-order chi connectivity index (χ1) is 8.98. The Hall–Kier alpha value is -1.62. The van der Waals surface area contributed by atoms with E-state index in [4.69, 9.17) is 9.47 Å². The molecular weight excluding hydrogens is 249 g/mol. The lowest BCUT2D eigenvalue weighted by atomic mass is 9.89. The molecule has 1 unspecified atom stereocenters. The van der Waals surface area contributed by atoms with Gasteiger partial charge in [0.25, 0.3) is 5.91 Å². The minimum Gasteiger partial charge on any atom is -0.481 e. The first-order valence-corrected chi connectivity index (χ1v) is 6.26. The van der Waals surface area contributed by atoms with Crippen molar-refractivity contribution < 1.29 is 18.7 Å². The van der Waals surface area contributed by atoms with Crippen molar-refractivity contribution in [1.82, 2.24) is 5.32 Å². The standard InChI is InChI=1S/C14H18FNO3/c1-10(19-12-5-3-4-11(15)6-12)13(17)16-7-14(2)8-18-9-14/h3-6,10H,7-9H2,1-2H3,(H,16,17). The summed E-state index contributed by atoms with van der Waals surface area (Å²) < 4.78 is 23.5. The normalized spacial score (nSPS) is 18.3. The monoisotopic (exact) mass is 267 g/mol. The Morgan fingerprint density at radius 3 is 2.89 bits per heavy atom. The van der Waals surface area contributed by atoms with Crippen LogP contribution in [0.3, 0.4) is 0 Å². The summed E-state index contributed by atoms with van der Waals surface area (Å²) in [5, 5.41) is 2.82. The van der Waals surface area contributed by atoms with E-state index in [1.807, 2.05) is 0 Å². The maximum Gasteiger partial charge on any atom is 0.260 e. The summed E-state index contributed by atoms with van der Waals surface area (Å²) in [5.41, 5.74) is 0.0221. The van der Waals surface area contributed by atoms with Crippen LogP contribution < -0.4 is 10.1 Å². The fraction of sp³-hybridized carbons (Fsp3) is 0.500. The number of hydrogen-bond donors (Lipinski definition) is 1. The van der Waals surface area contributed by atoms with Gasteiger partial charge in [-0.1, -0.05) is 13.0 Å². The maximum absolute atomic E-state index is 13.0. The van der Waals surface area contributed by atoms with Crippen molar-refractivity contribution in [3.63, 3.8) is 0 Å². The smallest absolute Gasteiger partial charge is 0.260 e. The van der Waals surface area contributed by atoms with Crippen molar-refractivity contribution in [2.24, 2.45) is 5.41 Å². The van der Waals surface area contributed by atoms with Crippen LogP contribution in [0.15, 0.2) is 24.3 Å². The fourth-order valence-electron chi connectivity index (χ4n) is 1.79. The Morgan fingerprint density at radius 2 is 2.32 bits per heavy atom. The molecule has 0 aliphatic carbocycles. The Balaban J connectivity index is 1.82. The first kappa shape index (κ1) is 13.8. The topological polar surface area (TPSA) is 47.6 Å². The highest BCUT2D eigenvalue weighted by molar-refractivity contribution is 5.80. The number of amides is 1. The molecule has 1 aromatic carbocycles. The van der Waals surface area contributed by atoms with Crippen LogP contribution in [0.25, 0.3) is 0 Å². The van der Waals surface area contributed by atoms with Gasteiger partial charge in [0.05, 0.1) is 13.2 Å². The molecule has 1 aromatic rings. The summed E-state index contributed by atoms with van der Waals surface area (Å²) in [5.74, 6) is -0.248. The van der Waals surface area contributed by atoms with Crippen molar-refractivity contribution in [2.45, 2.75) is 20.0 Å². The van der Waals surface area contributed by atoms with Gasteiger partial charge in [0.1, 0.15) is 11.6 Å². The summed E-state index contributed by atoms with van der Waals surface area (Å²) in [6, 6.07) is 5.75. The van der Waals surface area contributed by atoms with Gasteiger partial charge in [0.2, 0.25) is 0 Å². The average molecular weight is 267 g/mol. The Morgan fingerprint density at radius 1 is 1.58 bits per heavy atom. The molecule has 1 aliphatic heterocycles. The van der Waals surface area contributed by atoms with E-state index in [1.54, 1.807) is 19.1 Å². The van der Waals surface area contributed by atoms with Crippen LogP contribution in [0.2, 0.25) is 0 Å². The quantitative estimate of drug-likeness (QED) is 0.884. The molecule has 1 N–H and O–H groups in total. The van der Waals surface area contributed by atoms with E-state index >= 15 is 0 Å². The van der Waals surface area contributed by atoms with Crippen molar-refractivity contribution in [3.05, 3.63) is 30.1 Å². The van der Waals surface area contributed by atoms with E-state index < -0.39 is 6.10 Å². The molecule has 104 valence electrons. The summed E-state index contributed by atoms with van der Waals surface area (Å²) >= 11 is 0. The largest absolute Gasteiger partial charge is 0.481 e. The molecule has 19 heavy (non-hydrogen) atoms. The van der Waals surface area contributed by atoms with Crippen LogP contribution in [-0.2, 0) is 9.53 Å². The summed E-state index contributed by atoms with van der Waals surface area (Å²) in [6.07, 6.45) is -0.661. The second kappa shape index (κ2) is 5.57. The highest BCUT2D eigenvalue weighted by atomic mass is 19.1. The third-order valence-corrected chi connectivity index (χ3v) is 3.07. The number of ether oxygens (including phenoxy) is 2. The van der Waals surface area contributed by atoms with Gasteiger partial charge in [-0.2, -0.15) is 0 Å². The highest BCUT2D eigenvalue weighted by Crippen LogP contribution is 2.25. The zero-order valence-electron chi connectivity index (χ0n) is 11.1. The Labute approximate surface area is 111 Å². The van der Waals surface area contributed by atoms with Gasteiger partial charge >= 0.3 is 0 Å². The lowest BCUT2D eigenvalue weighted by Crippen LogP contribution is -2.50. The van der Waals surface area contributed by atoms with Gasteiger partial charge in [-0.25, -0.2) is 4.39 Å². The molecule has 0 spiro atoms. The number of carbonyl (C=O) groups excluding carboxylic acids is 1. The Bertz CT molecular complexity index is 460. The maximum atomic E-state index is 13.0. The van der Waals surface area contributed by atoms with Gasteiger partial charge in [-0.15, -0.1) is 0 Å². The molecule has 1 atom stereocenters. The van der Waals surface area contributed by atoms with Crippen LogP contribution in [0, 0.1) is 11.2 Å². The summed E-state index contributed by atoms with van der Waals surface area (Å²) in [6.45, 7) is 5.57. The molecule has 0 saturated carbocycles. The van der Waals surface area contributed by atoms with E-state index in [-0.39, 0.29) is 17.1 Å². The third-order valence-electron chi connectivity index (χ3n) is 3.07. The summed E-state index contributed by atoms with van der Waals surface area (Å²) in [4.78, 5) is 11.8. The van der Waals surface area contributed by atoms with Crippen LogP contribution in [-0.4, -0.2) is 31.8 Å². The minimum absolute atomic E-state index is 0.0221. The zero-order chi connectivity index (χ0) is 13.9. The molecule has 0 bridgehead atoms. The molecule has 0 radical (unpaired) electrons. The van der Waals surface area contributed by atoms with E-state index in [0.717, 1.165) is 0 Å². The highest BCUT2D eigenvalue weighted by Gasteiger charge is 2.34. The second-order valence-electron chi connectivity index (χ2n) is 5.24. The number of nitrogens with one attached hydrogen (secondary N) is 1. The average Bonchev–Trinajstić information content (AvgIpc) is 2.33. The molecular formula is C14H18FNO3. The predicted molar refractivity (Wildman–Crippen MR) is 68.4 cm³/mol. The van der Waals surface area contributed by atoms with Gasteiger partial charge < -0.3 is 14.8 Å². The number of halogens is 1. The van der Waals surface area contributed by atoms with Crippen LogP contribution in [0.4, 0.5) is 4.39 Å². The lowest BCUT2D eigenvalue weighted by molar-refractivity contribution is -0.132. The van der Waals surface area contributed by atoms with E-state index in [9.17, 15) is 9.18 Å². The molecule has 5 heteroatoms. The molecule has 4 nitrogen and oxygen atoms in total. The van der Waals surface area contributed by atoms with E-state index in [0.29, 0.717) is 25.5 Å². The van der Waals surface area contributed by atoms with Gasteiger partial charge in [-0.05, 0) is 19.1 Å². The number of hydrogen-bond acceptors (Lipinski definition) is 3. The fourth-order valence-corrected chi connectivity index (χ4v) is 1.79. The first-order valence-electron chi connectivity index (χ1n) is 6.26. The summed E-state index contributed by atoms with van der Waals surface area (Å²) in [7, 11) is 0. The molecule has 1 aliphatic rings. The van der Waals surface area contributed by atoms with Crippen LogP contribution >= 0.6 is 0 Å². The third kappa shape index (κ3) is 3.67. The van der Waals surface area contributed by atoms with Crippen molar-refractivity contribution in [3.8, 4) is 5.75 Å². The Kier molecular flexibility index (Phi) is 4.04. The van der Waals surface area contributed by atoms with Crippen LogP contribution in [0.5, 0.6) is 5.75 Å². The second-order valence-corrected chi connectivity index (χ2v) is 5.24. The minimum atomic E-state index is -0.661. The molecule has 2 rings (SSSR count). The van der Waals surface area contributed by atoms with Crippen molar-refractivity contribution in [1.29, 1.82) is 0 Å². The number of carbonyl (C=O) groups is 1. The van der Waals surface area contributed by atoms with E-state index in [1.165, 1.54) is 12.1 Å². The van der Waals surface area contributed by atoms with Gasteiger partial charge in [0, 0.05) is 18.0 Å². The van der Waals surface area contributed by atoms with Gasteiger partial charge in [0.15, 0.2) is 6.10 Å². The molecule has 0 aromatic heterocycles.